The van der Waals surface area contributed by atoms with Crippen LogP contribution in [0.2, 0.25) is 0 Å². The number of aromatic nitrogens is 2. The van der Waals surface area contributed by atoms with Crippen LogP contribution in [0.4, 0.5) is 0 Å². The van der Waals surface area contributed by atoms with Gasteiger partial charge in [0.05, 0.1) is 20.2 Å². The van der Waals surface area contributed by atoms with E-state index >= 15 is 0 Å². The highest BCUT2D eigenvalue weighted by molar-refractivity contribution is 5.90. The van der Waals surface area contributed by atoms with E-state index in [0.717, 1.165) is 5.82 Å². The second-order valence-electron chi connectivity index (χ2n) is 3.81. The highest BCUT2D eigenvalue weighted by Gasteiger charge is 2.14. The Balaban J connectivity index is 1.92. The number of hydrogen-bond donors (Lipinski definition) is 2. The predicted molar refractivity (Wildman–Crippen MR) is 63.9 cm³/mol. The van der Waals surface area contributed by atoms with Crippen LogP contribution in [0.5, 0.6) is 0 Å². The van der Waals surface area contributed by atoms with Gasteiger partial charge in [-0.3, -0.25) is 0 Å². The first kappa shape index (κ1) is 12.4. The summed E-state index contributed by atoms with van der Waals surface area (Å²) in [5.41, 5.74) is 0.465. The molecular formula is C12H15N3O3. The maximum Gasteiger partial charge on any atom is 0.341 e. The van der Waals surface area contributed by atoms with Crippen molar-refractivity contribution in [3.05, 3.63) is 41.4 Å². The maximum absolute atomic E-state index is 11.4. The number of esters is 1. The van der Waals surface area contributed by atoms with Gasteiger partial charge >= 0.3 is 5.97 Å². The Morgan fingerprint density at radius 3 is 3.06 bits per heavy atom. The normalized spacial score (nSPS) is 10.6. The van der Waals surface area contributed by atoms with Crippen molar-refractivity contribution in [2.75, 3.05) is 7.11 Å². The van der Waals surface area contributed by atoms with Crippen LogP contribution in [0, 0.1) is 6.92 Å². The van der Waals surface area contributed by atoms with E-state index in [1.54, 1.807) is 25.4 Å². The summed E-state index contributed by atoms with van der Waals surface area (Å²) < 4.78 is 10.1. The van der Waals surface area contributed by atoms with Crippen LogP contribution in [-0.2, 0) is 17.8 Å². The molecular weight excluding hydrogens is 234 g/mol. The molecule has 2 rings (SSSR count). The summed E-state index contributed by atoms with van der Waals surface area (Å²) in [4.78, 5) is 18.5. The molecule has 96 valence electrons. The molecule has 0 fully saturated rings. The minimum atomic E-state index is -0.381. The summed E-state index contributed by atoms with van der Waals surface area (Å²) in [6.45, 7) is 2.88. The minimum Gasteiger partial charge on any atom is -0.465 e. The van der Waals surface area contributed by atoms with Crippen molar-refractivity contribution in [3.63, 3.8) is 0 Å². The topological polar surface area (TPSA) is 80.1 Å². The summed E-state index contributed by atoms with van der Waals surface area (Å²) in [7, 11) is 1.35. The minimum absolute atomic E-state index is 0.381. The monoisotopic (exact) mass is 249 g/mol. The number of carbonyl (C=O) groups excluding carboxylic acids is 1. The molecule has 6 nitrogen and oxygen atoms in total. The van der Waals surface area contributed by atoms with Gasteiger partial charge in [0.1, 0.15) is 22.9 Å². The molecule has 2 aromatic heterocycles. The molecule has 0 aliphatic carbocycles. The van der Waals surface area contributed by atoms with Gasteiger partial charge in [-0.15, -0.1) is 0 Å². The van der Waals surface area contributed by atoms with Crippen molar-refractivity contribution in [2.45, 2.75) is 20.0 Å². The van der Waals surface area contributed by atoms with E-state index < -0.39 is 0 Å². The summed E-state index contributed by atoms with van der Waals surface area (Å²) in [5.74, 6) is 1.73. The van der Waals surface area contributed by atoms with Crippen LogP contribution in [0.25, 0.3) is 0 Å². The lowest BCUT2D eigenvalue weighted by molar-refractivity contribution is 0.0599. The van der Waals surface area contributed by atoms with Crippen molar-refractivity contribution in [2.24, 2.45) is 0 Å². The standard InChI is InChI=1S/C12H15N3O3/c1-8-10(12(16)17-2)5-9(18-8)6-13-7-11-14-3-4-15-11/h3-5,13H,6-7H2,1-2H3,(H,14,15). The quantitative estimate of drug-likeness (QED) is 0.783. The van der Waals surface area contributed by atoms with Crippen molar-refractivity contribution < 1.29 is 13.9 Å². The highest BCUT2D eigenvalue weighted by atomic mass is 16.5. The number of aromatic amines is 1. The number of methoxy groups -OCH3 is 1. The predicted octanol–water partition coefficient (Wildman–Crippen LogP) is 1.39. The fourth-order valence-electron chi connectivity index (χ4n) is 1.64. The van der Waals surface area contributed by atoms with E-state index in [1.165, 1.54) is 7.11 Å². The maximum atomic E-state index is 11.4. The second kappa shape index (κ2) is 5.50. The van der Waals surface area contributed by atoms with Gasteiger partial charge in [0.15, 0.2) is 0 Å². The van der Waals surface area contributed by atoms with Gasteiger partial charge in [-0.1, -0.05) is 0 Å². The van der Waals surface area contributed by atoms with Gasteiger partial charge in [0.25, 0.3) is 0 Å². The van der Waals surface area contributed by atoms with Crippen LogP contribution in [0.15, 0.2) is 22.9 Å². The van der Waals surface area contributed by atoms with E-state index in [4.69, 9.17) is 4.42 Å². The molecule has 0 atom stereocenters. The first-order valence-corrected chi connectivity index (χ1v) is 5.57. The number of furan rings is 1. The van der Waals surface area contributed by atoms with Crippen molar-refractivity contribution >= 4 is 5.97 Å². The number of rotatable bonds is 5. The number of aryl methyl sites for hydroxylation is 1. The van der Waals surface area contributed by atoms with E-state index in [0.29, 0.717) is 30.2 Å². The third kappa shape index (κ3) is 2.78. The van der Waals surface area contributed by atoms with Crippen molar-refractivity contribution in [1.82, 2.24) is 15.3 Å². The van der Waals surface area contributed by atoms with Gasteiger partial charge in [0.2, 0.25) is 0 Å². The SMILES string of the molecule is COC(=O)c1cc(CNCc2ncc[nH]2)oc1C. The number of carbonyl (C=O) groups is 1. The zero-order valence-corrected chi connectivity index (χ0v) is 10.3. The van der Waals surface area contributed by atoms with E-state index in [9.17, 15) is 4.79 Å². The zero-order chi connectivity index (χ0) is 13.0. The van der Waals surface area contributed by atoms with Gasteiger partial charge in [-0.2, -0.15) is 0 Å². The number of nitrogens with one attached hydrogen (secondary N) is 2. The fraction of sp³-hybridized carbons (Fsp3) is 0.333. The Kier molecular flexibility index (Phi) is 3.78. The molecule has 0 spiro atoms. The van der Waals surface area contributed by atoms with Gasteiger partial charge in [0, 0.05) is 12.4 Å². The van der Waals surface area contributed by atoms with Crippen molar-refractivity contribution in [1.29, 1.82) is 0 Å². The molecule has 0 amide bonds. The lowest BCUT2D eigenvalue weighted by Gasteiger charge is -1.98. The lowest BCUT2D eigenvalue weighted by Crippen LogP contribution is -2.13. The lowest BCUT2D eigenvalue weighted by atomic mass is 10.2. The average molecular weight is 249 g/mol. The molecule has 0 radical (unpaired) electrons. The molecule has 0 saturated heterocycles. The number of imidazole rings is 1. The number of nitrogens with zero attached hydrogens (tertiary/aromatic N) is 1. The van der Waals surface area contributed by atoms with Crippen LogP contribution in [0.1, 0.15) is 27.7 Å². The Bertz CT molecular complexity index is 517. The van der Waals surface area contributed by atoms with E-state index in [-0.39, 0.29) is 5.97 Å². The summed E-state index contributed by atoms with van der Waals surface area (Å²) in [6.07, 6.45) is 3.47. The molecule has 0 saturated carbocycles. The number of H-pyrrole nitrogens is 1. The fourth-order valence-corrected chi connectivity index (χ4v) is 1.64. The van der Waals surface area contributed by atoms with Gasteiger partial charge in [-0.25, -0.2) is 9.78 Å². The van der Waals surface area contributed by atoms with E-state index in [1.807, 2.05) is 0 Å². The van der Waals surface area contributed by atoms with E-state index in [2.05, 4.69) is 20.0 Å². The van der Waals surface area contributed by atoms with Crippen LogP contribution in [-0.4, -0.2) is 23.0 Å². The Morgan fingerprint density at radius 2 is 2.39 bits per heavy atom. The van der Waals surface area contributed by atoms with Crippen LogP contribution < -0.4 is 5.32 Å². The molecule has 0 aliphatic heterocycles. The molecule has 2 N–H and O–H groups in total. The summed E-state index contributed by atoms with van der Waals surface area (Å²) >= 11 is 0. The third-order valence-electron chi connectivity index (χ3n) is 2.52. The summed E-state index contributed by atoms with van der Waals surface area (Å²) in [5, 5.41) is 3.16. The first-order valence-electron chi connectivity index (χ1n) is 5.57. The molecule has 2 aromatic rings. The second-order valence-corrected chi connectivity index (χ2v) is 3.81. The zero-order valence-electron chi connectivity index (χ0n) is 10.3. The van der Waals surface area contributed by atoms with Crippen LogP contribution in [0.3, 0.4) is 0 Å². The molecule has 0 aliphatic rings. The molecule has 6 heteroatoms. The Labute approximate surface area is 104 Å². The molecule has 0 unspecified atom stereocenters. The number of ether oxygens (including phenoxy) is 1. The first-order chi connectivity index (χ1) is 8.70. The highest BCUT2D eigenvalue weighted by Crippen LogP contribution is 2.15. The summed E-state index contributed by atoms with van der Waals surface area (Å²) in [6, 6.07) is 1.69. The third-order valence-corrected chi connectivity index (χ3v) is 2.52. The molecule has 0 aromatic carbocycles. The van der Waals surface area contributed by atoms with Crippen molar-refractivity contribution in [3.8, 4) is 0 Å². The Hall–Kier alpha value is -2.08. The van der Waals surface area contributed by atoms with Gasteiger partial charge in [-0.05, 0) is 13.0 Å². The smallest absolute Gasteiger partial charge is 0.341 e. The van der Waals surface area contributed by atoms with Gasteiger partial charge < -0.3 is 19.5 Å². The average Bonchev–Trinajstić information content (AvgIpc) is 2.98. The molecule has 18 heavy (non-hydrogen) atoms. The molecule has 2 heterocycles. The largest absolute Gasteiger partial charge is 0.465 e. The number of hydrogen-bond acceptors (Lipinski definition) is 5. The Morgan fingerprint density at radius 1 is 1.56 bits per heavy atom. The molecule has 0 bridgehead atoms. The van der Waals surface area contributed by atoms with Crippen LogP contribution >= 0.6 is 0 Å².